The third-order valence-corrected chi connectivity index (χ3v) is 2.18. The van der Waals surface area contributed by atoms with Crippen molar-refractivity contribution in [1.82, 2.24) is 15.5 Å². The molecule has 1 heterocycles. The first-order valence-electron chi connectivity index (χ1n) is 5.58. The SMILES string of the molecule is CCCNC(CC)c1nnc(CC(F)(F)F)o1. The average Bonchev–Trinajstić information content (AvgIpc) is 2.65. The smallest absolute Gasteiger partial charge is 0.397 e. The van der Waals surface area contributed by atoms with Crippen molar-refractivity contribution in [2.24, 2.45) is 0 Å². The highest BCUT2D eigenvalue weighted by molar-refractivity contribution is 4.90. The van der Waals surface area contributed by atoms with Gasteiger partial charge in [0.2, 0.25) is 11.8 Å². The zero-order valence-electron chi connectivity index (χ0n) is 9.84. The van der Waals surface area contributed by atoms with Crippen molar-refractivity contribution in [2.75, 3.05) is 6.54 Å². The van der Waals surface area contributed by atoms with E-state index >= 15 is 0 Å². The van der Waals surface area contributed by atoms with E-state index in [2.05, 4.69) is 15.5 Å². The van der Waals surface area contributed by atoms with Gasteiger partial charge in [-0.2, -0.15) is 13.2 Å². The van der Waals surface area contributed by atoms with Gasteiger partial charge in [-0.25, -0.2) is 0 Å². The maximum absolute atomic E-state index is 12.1. The lowest BCUT2D eigenvalue weighted by Crippen LogP contribution is -2.21. The maximum Gasteiger partial charge on any atom is 0.397 e. The van der Waals surface area contributed by atoms with Crippen LogP contribution in [0.2, 0.25) is 0 Å². The molecule has 0 saturated heterocycles. The molecule has 0 aliphatic rings. The monoisotopic (exact) mass is 251 g/mol. The summed E-state index contributed by atoms with van der Waals surface area (Å²) >= 11 is 0. The van der Waals surface area contributed by atoms with Crippen LogP contribution in [0, 0.1) is 0 Å². The van der Waals surface area contributed by atoms with Crippen LogP contribution in [-0.4, -0.2) is 22.9 Å². The van der Waals surface area contributed by atoms with E-state index in [-0.39, 0.29) is 17.8 Å². The highest BCUT2D eigenvalue weighted by atomic mass is 19.4. The van der Waals surface area contributed by atoms with Crippen molar-refractivity contribution in [2.45, 2.75) is 45.3 Å². The van der Waals surface area contributed by atoms with Crippen LogP contribution in [0.4, 0.5) is 13.2 Å². The maximum atomic E-state index is 12.1. The summed E-state index contributed by atoms with van der Waals surface area (Å²) in [4.78, 5) is 0. The van der Waals surface area contributed by atoms with Crippen molar-refractivity contribution in [3.63, 3.8) is 0 Å². The van der Waals surface area contributed by atoms with E-state index in [1.165, 1.54) is 0 Å². The van der Waals surface area contributed by atoms with Crippen LogP contribution >= 0.6 is 0 Å². The second-order valence-corrected chi connectivity index (χ2v) is 3.74. The van der Waals surface area contributed by atoms with Crippen LogP contribution in [0.3, 0.4) is 0 Å². The Morgan fingerprint density at radius 2 is 2.00 bits per heavy atom. The van der Waals surface area contributed by atoms with Gasteiger partial charge in [0, 0.05) is 0 Å². The topological polar surface area (TPSA) is 51.0 Å². The molecule has 1 aromatic rings. The third kappa shape index (κ3) is 4.72. The van der Waals surface area contributed by atoms with E-state index in [9.17, 15) is 13.2 Å². The highest BCUT2D eigenvalue weighted by Crippen LogP contribution is 2.22. The molecule has 0 amide bonds. The molecule has 1 N–H and O–H groups in total. The molecule has 98 valence electrons. The Labute approximate surface area is 97.6 Å². The van der Waals surface area contributed by atoms with E-state index in [1.54, 1.807) is 0 Å². The minimum atomic E-state index is -4.32. The van der Waals surface area contributed by atoms with Crippen molar-refractivity contribution >= 4 is 0 Å². The Morgan fingerprint density at radius 3 is 2.53 bits per heavy atom. The van der Waals surface area contributed by atoms with E-state index in [1.807, 2.05) is 13.8 Å². The van der Waals surface area contributed by atoms with Gasteiger partial charge < -0.3 is 9.73 Å². The molecule has 0 fully saturated rings. The minimum Gasteiger partial charge on any atom is -0.423 e. The summed E-state index contributed by atoms with van der Waals surface area (Å²) in [6, 6.07) is -0.176. The van der Waals surface area contributed by atoms with Crippen molar-refractivity contribution in [1.29, 1.82) is 0 Å². The minimum absolute atomic E-state index is 0.176. The van der Waals surface area contributed by atoms with Crippen LogP contribution < -0.4 is 5.32 Å². The first-order valence-corrected chi connectivity index (χ1v) is 5.58. The van der Waals surface area contributed by atoms with Crippen LogP contribution in [0.5, 0.6) is 0 Å². The molecule has 0 aliphatic heterocycles. The van der Waals surface area contributed by atoms with E-state index < -0.39 is 12.6 Å². The van der Waals surface area contributed by atoms with Crippen LogP contribution in [0.25, 0.3) is 0 Å². The summed E-state index contributed by atoms with van der Waals surface area (Å²) in [5.41, 5.74) is 0. The summed E-state index contributed by atoms with van der Waals surface area (Å²) in [7, 11) is 0. The normalized spacial score (nSPS) is 13.9. The summed E-state index contributed by atoms with van der Waals surface area (Å²) < 4.78 is 41.3. The molecule has 1 atom stereocenters. The molecule has 4 nitrogen and oxygen atoms in total. The van der Waals surface area contributed by atoms with Gasteiger partial charge in [-0.3, -0.25) is 0 Å². The first kappa shape index (κ1) is 14.0. The van der Waals surface area contributed by atoms with Gasteiger partial charge in [0.25, 0.3) is 0 Å². The van der Waals surface area contributed by atoms with E-state index in [0.29, 0.717) is 6.42 Å². The van der Waals surface area contributed by atoms with Crippen LogP contribution in [0.15, 0.2) is 4.42 Å². The Morgan fingerprint density at radius 1 is 1.29 bits per heavy atom. The predicted octanol–water partition coefficient (Wildman–Crippen LogP) is 2.63. The van der Waals surface area contributed by atoms with Gasteiger partial charge in [-0.1, -0.05) is 13.8 Å². The molecular formula is C10H16F3N3O. The van der Waals surface area contributed by atoms with E-state index in [0.717, 1.165) is 13.0 Å². The molecule has 0 spiro atoms. The molecule has 1 rings (SSSR count). The van der Waals surface area contributed by atoms with Gasteiger partial charge >= 0.3 is 6.18 Å². The van der Waals surface area contributed by atoms with Gasteiger partial charge in [0.05, 0.1) is 6.04 Å². The lowest BCUT2D eigenvalue weighted by molar-refractivity contribution is -0.131. The number of nitrogens with one attached hydrogen (secondary N) is 1. The molecular weight excluding hydrogens is 235 g/mol. The Balaban J connectivity index is 2.65. The fourth-order valence-corrected chi connectivity index (χ4v) is 1.38. The summed E-state index contributed by atoms with van der Waals surface area (Å²) in [6.45, 7) is 4.67. The largest absolute Gasteiger partial charge is 0.423 e. The van der Waals surface area contributed by atoms with Crippen molar-refractivity contribution < 1.29 is 17.6 Å². The predicted molar refractivity (Wildman–Crippen MR) is 55.4 cm³/mol. The standard InChI is InChI=1S/C10H16F3N3O/c1-3-5-14-7(4-2)9-16-15-8(17-9)6-10(11,12)13/h7,14H,3-6H2,1-2H3. The number of alkyl halides is 3. The molecule has 7 heteroatoms. The first-order chi connectivity index (χ1) is 7.96. The van der Waals surface area contributed by atoms with Gasteiger partial charge in [0.15, 0.2) is 0 Å². The lowest BCUT2D eigenvalue weighted by Gasteiger charge is -2.11. The molecule has 1 unspecified atom stereocenters. The quantitative estimate of drug-likeness (QED) is 0.844. The van der Waals surface area contributed by atoms with E-state index in [4.69, 9.17) is 4.42 Å². The fourth-order valence-electron chi connectivity index (χ4n) is 1.38. The molecule has 0 radical (unpaired) electrons. The number of hydrogen-bond acceptors (Lipinski definition) is 4. The van der Waals surface area contributed by atoms with Crippen molar-refractivity contribution in [3.8, 4) is 0 Å². The third-order valence-electron chi connectivity index (χ3n) is 2.18. The summed E-state index contributed by atoms with van der Waals surface area (Å²) in [5.74, 6) is -0.163. The Hall–Kier alpha value is -1.11. The molecule has 0 aromatic carbocycles. The highest BCUT2D eigenvalue weighted by Gasteiger charge is 2.31. The second-order valence-electron chi connectivity index (χ2n) is 3.74. The van der Waals surface area contributed by atoms with Gasteiger partial charge in [-0.15, -0.1) is 10.2 Å². The number of nitrogens with zero attached hydrogens (tertiary/aromatic N) is 2. The number of aromatic nitrogens is 2. The summed E-state index contributed by atoms with van der Waals surface area (Å²) in [5, 5.41) is 10.2. The molecule has 0 aliphatic carbocycles. The second kappa shape index (κ2) is 6.00. The molecule has 1 aromatic heterocycles. The fraction of sp³-hybridized carbons (Fsp3) is 0.800. The van der Waals surface area contributed by atoms with Crippen LogP contribution in [-0.2, 0) is 6.42 Å². The molecule has 0 bridgehead atoms. The number of halogens is 3. The molecule has 0 saturated carbocycles. The Bertz CT molecular complexity index is 338. The van der Waals surface area contributed by atoms with Crippen molar-refractivity contribution in [3.05, 3.63) is 11.8 Å². The zero-order valence-corrected chi connectivity index (χ0v) is 9.84. The number of rotatable bonds is 6. The van der Waals surface area contributed by atoms with Crippen LogP contribution in [0.1, 0.15) is 44.5 Å². The summed E-state index contributed by atoms with van der Waals surface area (Å²) in [6.07, 6.45) is -3.87. The average molecular weight is 251 g/mol. The van der Waals surface area contributed by atoms with Gasteiger partial charge in [0.1, 0.15) is 6.42 Å². The van der Waals surface area contributed by atoms with Gasteiger partial charge in [-0.05, 0) is 19.4 Å². The zero-order chi connectivity index (χ0) is 12.9. The number of hydrogen-bond donors (Lipinski definition) is 1. The lowest BCUT2D eigenvalue weighted by atomic mass is 10.2. The molecule has 17 heavy (non-hydrogen) atoms. The Kier molecular flexibility index (Phi) is 4.92.